The van der Waals surface area contributed by atoms with Crippen molar-refractivity contribution in [2.24, 2.45) is 0 Å². The van der Waals surface area contributed by atoms with Gasteiger partial charge in [0.15, 0.2) is 0 Å². The summed E-state index contributed by atoms with van der Waals surface area (Å²) in [6.45, 7) is 2.52. The van der Waals surface area contributed by atoms with E-state index in [-0.39, 0.29) is 19.0 Å². The summed E-state index contributed by atoms with van der Waals surface area (Å²) in [7, 11) is 0. The van der Waals surface area contributed by atoms with Crippen LogP contribution in [-0.4, -0.2) is 40.7 Å². The molecule has 3 heterocycles. The average Bonchev–Trinajstić information content (AvgIpc) is 3.22. The van der Waals surface area contributed by atoms with Crippen LogP contribution in [0.2, 0.25) is 0 Å². The SMILES string of the molecule is CC(=O)NC[C@H]1CN(c2ccc(C3=CCn4cnc(Br)c4C3)c(F)c2)C(=O)O1. The molecule has 28 heavy (non-hydrogen) atoms. The first-order valence-corrected chi connectivity index (χ1v) is 9.62. The van der Waals surface area contributed by atoms with Crippen LogP contribution in [0.3, 0.4) is 0 Å². The molecule has 1 N–H and O–H groups in total. The number of hydrogen-bond acceptors (Lipinski definition) is 4. The molecule has 2 amide bonds. The number of aromatic nitrogens is 2. The Balaban J connectivity index is 1.51. The lowest BCUT2D eigenvalue weighted by molar-refractivity contribution is -0.119. The largest absolute Gasteiger partial charge is 0.442 e. The molecule has 2 aliphatic heterocycles. The summed E-state index contributed by atoms with van der Waals surface area (Å²) in [4.78, 5) is 28.7. The Morgan fingerprint density at radius 2 is 2.29 bits per heavy atom. The number of imidazole rings is 1. The number of halogens is 2. The lowest BCUT2D eigenvalue weighted by Crippen LogP contribution is -2.33. The van der Waals surface area contributed by atoms with Gasteiger partial charge in [-0.3, -0.25) is 9.69 Å². The van der Waals surface area contributed by atoms with Crippen molar-refractivity contribution in [1.82, 2.24) is 14.9 Å². The van der Waals surface area contributed by atoms with Gasteiger partial charge in [-0.2, -0.15) is 0 Å². The van der Waals surface area contributed by atoms with Crippen molar-refractivity contribution >= 4 is 39.2 Å². The Morgan fingerprint density at radius 1 is 1.46 bits per heavy atom. The minimum absolute atomic E-state index is 0.196. The molecule has 1 aromatic carbocycles. The van der Waals surface area contributed by atoms with Gasteiger partial charge in [0.2, 0.25) is 5.91 Å². The quantitative estimate of drug-likeness (QED) is 0.779. The van der Waals surface area contributed by atoms with Gasteiger partial charge in [-0.25, -0.2) is 14.2 Å². The predicted octanol–water partition coefficient (Wildman–Crippen LogP) is 2.89. The first kappa shape index (κ1) is 18.7. The van der Waals surface area contributed by atoms with Crippen LogP contribution in [0.1, 0.15) is 18.2 Å². The third kappa shape index (κ3) is 3.54. The van der Waals surface area contributed by atoms with Crippen LogP contribution in [0.4, 0.5) is 14.9 Å². The second-order valence-corrected chi connectivity index (χ2v) is 7.51. The fourth-order valence-corrected chi connectivity index (χ4v) is 3.87. The number of rotatable bonds is 4. The molecule has 0 radical (unpaired) electrons. The summed E-state index contributed by atoms with van der Waals surface area (Å²) in [6.07, 6.45) is 3.29. The van der Waals surface area contributed by atoms with Gasteiger partial charge in [0.25, 0.3) is 0 Å². The summed E-state index contributed by atoms with van der Waals surface area (Å²) in [6, 6.07) is 4.74. The number of amides is 2. The highest BCUT2D eigenvalue weighted by Gasteiger charge is 2.33. The summed E-state index contributed by atoms with van der Waals surface area (Å²) in [5, 5.41) is 2.62. The number of carbonyl (C=O) groups is 2. The van der Waals surface area contributed by atoms with E-state index < -0.39 is 18.0 Å². The fraction of sp³-hybridized carbons (Fsp3) is 0.316. The minimum atomic E-state index is -0.549. The zero-order chi connectivity index (χ0) is 19.8. The molecular formula is C19H18BrFN4O3. The molecule has 9 heteroatoms. The summed E-state index contributed by atoms with van der Waals surface area (Å²) in [5.41, 5.74) is 2.82. The smallest absolute Gasteiger partial charge is 0.414 e. The van der Waals surface area contributed by atoms with Gasteiger partial charge in [-0.1, -0.05) is 6.08 Å². The van der Waals surface area contributed by atoms with E-state index in [1.54, 1.807) is 18.5 Å². The van der Waals surface area contributed by atoms with Gasteiger partial charge in [-0.15, -0.1) is 0 Å². The Morgan fingerprint density at radius 3 is 3.04 bits per heavy atom. The first-order valence-electron chi connectivity index (χ1n) is 8.83. The van der Waals surface area contributed by atoms with Crippen LogP contribution < -0.4 is 10.2 Å². The number of carbonyl (C=O) groups excluding carboxylic acids is 2. The Bertz CT molecular complexity index is 988. The Labute approximate surface area is 169 Å². The molecular weight excluding hydrogens is 431 g/mol. The van der Waals surface area contributed by atoms with Crippen molar-refractivity contribution < 1.29 is 18.7 Å². The Kier molecular flexibility index (Phi) is 4.92. The van der Waals surface area contributed by atoms with E-state index >= 15 is 0 Å². The number of benzene rings is 1. The molecule has 2 aromatic rings. The normalized spacial score (nSPS) is 18.5. The number of ether oxygens (including phenoxy) is 1. The topological polar surface area (TPSA) is 76.5 Å². The van der Waals surface area contributed by atoms with Crippen molar-refractivity contribution in [3.8, 4) is 0 Å². The van der Waals surface area contributed by atoms with Gasteiger partial charge in [0, 0.05) is 25.5 Å². The van der Waals surface area contributed by atoms with Crippen LogP contribution in [-0.2, 0) is 22.5 Å². The van der Waals surface area contributed by atoms with Crippen molar-refractivity contribution in [3.63, 3.8) is 0 Å². The third-order valence-corrected chi connectivity index (χ3v) is 5.51. The van der Waals surface area contributed by atoms with E-state index in [4.69, 9.17) is 4.74 Å². The van der Waals surface area contributed by atoms with Crippen molar-refractivity contribution in [2.45, 2.75) is 26.0 Å². The van der Waals surface area contributed by atoms with E-state index in [2.05, 4.69) is 26.2 Å². The van der Waals surface area contributed by atoms with Gasteiger partial charge < -0.3 is 14.6 Å². The monoisotopic (exact) mass is 448 g/mol. The second kappa shape index (κ2) is 7.38. The number of cyclic esters (lactones) is 1. The van der Waals surface area contributed by atoms with Crippen LogP contribution in [0.5, 0.6) is 0 Å². The highest BCUT2D eigenvalue weighted by Crippen LogP contribution is 2.32. The first-order chi connectivity index (χ1) is 13.4. The standard InChI is InChI=1S/C19H18BrFN4O3/c1-11(26)22-8-14-9-25(19(27)28-14)13-2-3-15(16(21)7-13)12-4-5-24-10-23-18(20)17(24)6-12/h2-4,7,10,14H,5-6,8-9H2,1H3,(H,22,26)/t14-/m0/s1. The number of allylic oxidation sites excluding steroid dienone is 2. The molecule has 2 aliphatic rings. The molecule has 0 spiro atoms. The maximum absolute atomic E-state index is 14.9. The van der Waals surface area contributed by atoms with Gasteiger partial charge in [0.05, 0.1) is 30.8 Å². The summed E-state index contributed by atoms with van der Waals surface area (Å²) < 4.78 is 22.9. The molecule has 0 bridgehead atoms. The van der Waals surface area contributed by atoms with Gasteiger partial charge >= 0.3 is 6.09 Å². The van der Waals surface area contributed by atoms with Crippen LogP contribution in [0.25, 0.3) is 5.57 Å². The van der Waals surface area contributed by atoms with Crippen molar-refractivity contribution in [3.05, 3.63) is 52.3 Å². The molecule has 1 atom stereocenters. The van der Waals surface area contributed by atoms with E-state index in [1.165, 1.54) is 17.9 Å². The highest BCUT2D eigenvalue weighted by atomic mass is 79.9. The maximum atomic E-state index is 14.9. The second-order valence-electron chi connectivity index (χ2n) is 6.76. The van der Waals surface area contributed by atoms with Crippen molar-refractivity contribution in [2.75, 3.05) is 18.0 Å². The molecule has 1 aromatic heterocycles. The fourth-order valence-electron chi connectivity index (χ4n) is 3.41. The zero-order valence-corrected chi connectivity index (χ0v) is 16.7. The molecule has 0 saturated carbocycles. The lowest BCUT2D eigenvalue weighted by Gasteiger charge is -2.19. The molecule has 0 unspecified atom stereocenters. The van der Waals surface area contributed by atoms with Gasteiger partial charge in [0.1, 0.15) is 16.5 Å². The Hall–Kier alpha value is -2.68. The summed E-state index contributed by atoms with van der Waals surface area (Å²) >= 11 is 3.42. The predicted molar refractivity (Wildman–Crippen MR) is 104 cm³/mol. The molecule has 4 rings (SSSR count). The van der Waals surface area contributed by atoms with E-state index in [0.29, 0.717) is 24.2 Å². The van der Waals surface area contributed by atoms with E-state index in [9.17, 15) is 14.0 Å². The van der Waals surface area contributed by atoms with Crippen LogP contribution >= 0.6 is 15.9 Å². The molecule has 146 valence electrons. The highest BCUT2D eigenvalue weighted by molar-refractivity contribution is 9.10. The third-order valence-electron chi connectivity index (χ3n) is 4.85. The zero-order valence-electron chi connectivity index (χ0n) is 15.1. The molecule has 7 nitrogen and oxygen atoms in total. The number of nitrogens with one attached hydrogen (secondary N) is 1. The number of hydrogen-bond donors (Lipinski definition) is 1. The van der Waals surface area contributed by atoms with Gasteiger partial charge in [-0.05, 0) is 39.7 Å². The van der Waals surface area contributed by atoms with Crippen molar-refractivity contribution in [1.29, 1.82) is 0 Å². The molecule has 1 saturated heterocycles. The molecule has 1 fully saturated rings. The minimum Gasteiger partial charge on any atom is -0.442 e. The number of nitrogens with zero attached hydrogens (tertiary/aromatic N) is 3. The van der Waals surface area contributed by atoms with E-state index in [0.717, 1.165) is 15.9 Å². The maximum Gasteiger partial charge on any atom is 0.414 e. The van der Waals surface area contributed by atoms with E-state index in [1.807, 2.05) is 10.6 Å². The van der Waals surface area contributed by atoms with Crippen LogP contribution in [0, 0.1) is 5.82 Å². The molecule has 0 aliphatic carbocycles. The summed E-state index contributed by atoms with van der Waals surface area (Å²) in [5.74, 6) is -0.593. The number of fused-ring (bicyclic) bond motifs is 1. The number of anilines is 1. The lowest BCUT2D eigenvalue weighted by atomic mass is 9.98. The van der Waals surface area contributed by atoms with Crippen LogP contribution in [0.15, 0.2) is 35.2 Å². The average molecular weight is 449 g/mol.